The lowest BCUT2D eigenvalue weighted by atomic mass is 10.4. The Morgan fingerprint density at radius 1 is 1.16 bits per heavy atom. The van der Waals surface area contributed by atoms with Crippen LogP contribution in [0.15, 0.2) is 6.07 Å². The van der Waals surface area contributed by atoms with Gasteiger partial charge in [0, 0.05) is 18.8 Å². The van der Waals surface area contributed by atoms with Gasteiger partial charge in [-0.25, -0.2) is 0 Å². The van der Waals surface area contributed by atoms with E-state index in [1.54, 1.807) is 0 Å². The molecule has 2 rings (SSSR count). The molecule has 0 amide bonds. The maximum absolute atomic E-state index is 5.68. The number of rotatable bonds is 5. The van der Waals surface area contributed by atoms with Crippen molar-refractivity contribution in [1.82, 2.24) is 24.7 Å². The number of halogens is 2. The Hall–Kier alpha value is -1.40. The molecule has 2 heterocycles. The lowest BCUT2D eigenvalue weighted by Crippen LogP contribution is -2.11. The summed E-state index contributed by atoms with van der Waals surface area (Å²) < 4.78 is 1.98. The molecule has 8 heteroatoms. The van der Waals surface area contributed by atoms with Crippen molar-refractivity contribution in [2.45, 2.75) is 26.8 Å². The van der Waals surface area contributed by atoms with Gasteiger partial charge in [-0.05, 0) is 49.5 Å². The third-order valence-corrected chi connectivity index (χ3v) is 2.85. The van der Waals surface area contributed by atoms with Gasteiger partial charge < -0.3 is 5.32 Å². The van der Waals surface area contributed by atoms with Crippen molar-refractivity contribution in [3.8, 4) is 0 Å². The van der Waals surface area contributed by atoms with Gasteiger partial charge in [0.25, 0.3) is 0 Å². The Balaban J connectivity index is 1.82. The first-order valence-corrected chi connectivity index (χ1v) is 6.62. The van der Waals surface area contributed by atoms with Gasteiger partial charge in [0.1, 0.15) is 0 Å². The van der Waals surface area contributed by atoms with Crippen LogP contribution < -0.4 is 5.32 Å². The van der Waals surface area contributed by atoms with E-state index in [1.165, 1.54) is 0 Å². The summed E-state index contributed by atoms with van der Waals surface area (Å²) in [5.41, 5.74) is 2.19. The van der Waals surface area contributed by atoms with Gasteiger partial charge in [-0.2, -0.15) is 20.1 Å². The van der Waals surface area contributed by atoms with E-state index in [0.29, 0.717) is 12.5 Å². The summed E-state index contributed by atoms with van der Waals surface area (Å²) in [5, 5.41) is 7.61. The first kappa shape index (κ1) is 14.0. The lowest BCUT2D eigenvalue weighted by Gasteiger charge is -2.06. The first-order valence-electron chi connectivity index (χ1n) is 5.86. The molecule has 19 heavy (non-hydrogen) atoms. The van der Waals surface area contributed by atoms with Crippen LogP contribution in [0.2, 0.25) is 10.6 Å². The van der Waals surface area contributed by atoms with Crippen LogP contribution in [0.3, 0.4) is 0 Å². The molecule has 0 fully saturated rings. The number of anilines is 1. The van der Waals surface area contributed by atoms with E-state index < -0.39 is 0 Å². The SMILES string of the molecule is Cc1cc(C)n(CCCNc2nc(Cl)nc(Cl)n2)n1. The summed E-state index contributed by atoms with van der Waals surface area (Å²) in [6.45, 7) is 5.56. The lowest BCUT2D eigenvalue weighted by molar-refractivity contribution is 0.573. The standard InChI is InChI=1S/C11H14Cl2N6/c1-7-6-8(2)19(18-7)5-3-4-14-11-16-9(12)15-10(13)17-11/h6H,3-5H2,1-2H3,(H,14,15,16,17). The van der Waals surface area contributed by atoms with Crippen LogP contribution in [0.25, 0.3) is 0 Å². The number of hydrogen-bond acceptors (Lipinski definition) is 5. The predicted molar refractivity (Wildman–Crippen MR) is 74.7 cm³/mol. The fourth-order valence-corrected chi connectivity index (χ4v) is 2.10. The topological polar surface area (TPSA) is 68.5 Å². The van der Waals surface area contributed by atoms with Crippen molar-refractivity contribution in [2.24, 2.45) is 0 Å². The van der Waals surface area contributed by atoms with Crippen molar-refractivity contribution in [3.05, 3.63) is 28.0 Å². The highest BCUT2D eigenvalue weighted by molar-refractivity contribution is 6.31. The Labute approximate surface area is 121 Å². The molecule has 1 N–H and O–H groups in total. The molecular weight excluding hydrogens is 287 g/mol. The predicted octanol–water partition coefficient (Wildman–Crippen LogP) is 2.49. The summed E-state index contributed by atoms with van der Waals surface area (Å²) in [6, 6.07) is 2.05. The molecule has 0 aliphatic heterocycles. The summed E-state index contributed by atoms with van der Waals surface area (Å²) in [6.07, 6.45) is 0.892. The maximum atomic E-state index is 5.68. The Morgan fingerprint density at radius 3 is 2.42 bits per heavy atom. The van der Waals surface area contributed by atoms with Gasteiger partial charge in [0.15, 0.2) is 0 Å². The minimum absolute atomic E-state index is 0.0843. The van der Waals surface area contributed by atoms with Crippen LogP contribution in [-0.4, -0.2) is 31.3 Å². The number of hydrogen-bond donors (Lipinski definition) is 1. The second kappa shape index (κ2) is 6.16. The summed E-state index contributed by atoms with van der Waals surface area (Å²) in [7, 11) is 0. The zero-order chi connectivity index (χ0) is 13.8. The van der Waals surface area contributed by atoms with Gasteiger partial charge in [-0.3, -0.25) is 4.68 Å². The van der Waals surface area contributed by atoms with Crippen LogP contribution in [0.4, 0.5) is 5.95 Å². The monoisotopic (exact) mass is 300 g/mol. The number of nitrogens with zero attached hydrogens (tertiary/aromatic N) is 5. The third-order valence-electron chi connectivity index (χ3n) is 2.51. The molecule has 0 radical (unpaired) electrons. The Bertz CT molecular complexity index is 548. The third kappa shape index (κ3) is 4.04. The van der Waals surface area contributed by atoms with E-state index in [-0.39, 0.29) is 10.6 Å². The molecule has 2 aromatic heterocycles. The van der Waals surface area contributed by atoms with Gasteiger partial charge in [0.05, 0.1) is 5.69 Å². The highest BCUT2D eigenvalue weighted by atomic mass is 35.5. The van der Waals surface area contributed by atoms with Crippen LogP contribution >= 0.6 is 23.2 Å². The molecule has 6 nitrogen and oxygen atoms in total. The van der Waals surface area contributed by atoms with E-state index in [4.69, 9.17) is 23.2 Å². The van der Waals surface area contributed by atoms with E-state index >= 15 is 0 Å². The minimum atomic E-state index is 0.0843. The quantitative estimate of drug-likeness (QED) is 0.859. The zero-order valence-corrected chi connectivity index (χ0v) is 12.2. The molecule has 0 aliphatic carbocycles. The van der Waals surface area contributed by atoms with Crippen molar-refractivity contribution in [1.29, 1.82) is 0 Å². The molecule has 2 aromatic rings. The number of aryl methyl sites for hydroxylation is 3. The van der Waals surface area contributed by atoms with E-state index in [0.717, 1.165) is 24.4 Å². The molecule has 0 saturated heterocycles. The number of nitrogens with one attached hydrogen (secondary N) is 1. The smallest absolute Gasteiger partial charge is 0.228 e. The van der Waals surface area contributed by atoms with Crippen molar-refractivity contribution in [3.63, 3.8) is 0 Å². The Kier molecular flexibility index (Phi) is 4.55. The van der Waals surface area contributed by atoms with Gasteiger partial charge in [-0.1, -0.05) is 0 Å². The van der Waals surface area contributed by atoms with Crippen LogP contribution in [0, 0.1) is 13.8 Å². The summed E-state index contributed by atoms with van der Waals surface area (Å²) in [5.74, 6) is 0.387. The second-order valence-electron chi connectivity index (χ2n) is 4.13. The van der Waals surface area contributed by atoms with E-state index in [2.05, 4.69) is 31.4 Å². The molecule has 0 unspecified atom stereocenters. The van der Waals surface area contributed by atoms with Crippen molar-refractivity contribution < 1.29 is 0 Å². The second-order valence-corrected chi connectivity index (χ2v) is 4.80. The highest BCUT2D eigenvalue weighted by Crippen LogP contribution is 2.09. The fraction of sp³-hybridized carbons (Fsp3) is 0.455. The highest BCUT2D eigenvalue weighted by Gasteiger charge is 2.03. The normalized spacial score (nSPS) is 10.7. The first-order chi connectivity index (χ1) is 9.04. The van der Waals surface area contributed by atoms with Gasteiger partial charge >= 0.3 is 0 Å². The average molecular weight is 301 g/mol. The zero-order valence-electron chi connectivity index (χ0n) is 10.7. The molecular formula is C11H14Cl2N6. The van der Waals surface area contributed by atoms with Crippen molar-refractivity contribution >= 4 is 29.2 Å². The molecule has 0 aliphatic rings. The summed E-state index contributed by atoms with van der Waals surface area (Å²) in [4.78, 5) is 11.5. The Morgan fingerprint density at radius 2 is 1.84 bits per heavy atom. The average Bonchev–Trinajstić information content (AvgIpc) is 2.62. The summed E-state index contributed by atoms with van der Waals surface area (Å²) >= 11 is 11.4. The van der Waals surface area contributed by atoms with Crippen LogP contribution in [-0.2, 0) is 6.54 Å². The van der Waals surface area contributed by atoms with Crippen LogP contribution in [0.1, 0.15) is 17.8 Å². The van der Waals surface area contributed by atoms with E-state index in [9.17, 15) is 0 Å². The molecule has 102 valence electrons. The van der Waals surface area contributed by atoms with E-state index in [1.807, 2.05) is 18.5 Å². The molecule has 0 saturated carbocycles. The van der Waals surface area contributed by atoms with Gasteiger partial charge in [0.2, 0.25) is 16.5 Å². The molecule has 0 spiro atoms. The van der Waals surface area contributed by atoms with Gasteiger partial charge in [-0.15, -0.1) is 0 Å². The molecule has 0 bridgehead atoms. The van der Waals surface area contributed by atoms with Crippen molar-refractivity contribution in [2.75, 3.05) is 11.9 Å². The minimum Gasteiger partial charge on any atom is -0.354 e. The number of aromatic nitrogens is 5. The fourth-order valence-electron chi connectivity index (χ4n) is 1.74. The molecule has 0 aromatic carbocycles. The molecule has 0 atom stereocenters. The largest absolute Gasteiger partial charge is 0.354 e. The maximum Gasteiger partial charge on any atom is 0.228 e. The van der Waals surface area contributed by atoms with Crippen LogP contribution in [0.5, 0.6) is 0 Å².